The van der Waals surface area contributed by atoms with Crippen LogP contribution in [0.15, 0.2) is 53.5 Å². The van der Waals surface area contributed by atoms with Crippen LogP contribution in [0.3, 0.4) is 0 Å². The Morgan fingerprint density at radius 1 is 1.10 bits per heavy atom. The van der Waals surface area contributed by atoms with Gasteiger partial charge in [-0.15, -0.1) is 0 Å². The first kappa shape index (κ1) is 29.0. The van der Waals surface area contributed by atoms with Gasteiger partial charge in [-0.05, 0) is 79.1 Å². The van der Waals surface area contributed by atoms with Gasteiger partial charge >= 0.3 is 0 Å². The lowest BCUT2D eigenvalue weighted by molar-refractivity contribution is -0.121. The van der Waals surface area contributed by atoms with Crippen LogP contribution in [-0.4, -0.2) is 35.2 Å². The molecule has 3 heterocycles. The molecule has 41 heavy (non-hydrogen) atoms. The molecular formula is C31H33ClFN3O5. The number of fused-ring (bicyclic) bond motifs is 3. The van der Waals surface area contributed by atoms with Crippen LogP contribution in [0.5, 0.6) is 0 Å². The van der Waals surface area contributed by atoms with Crippen molar-refractivity contribution in [1.29, 1.82) is 0 Å². The van der Waals surface area contributed by atoms with Crippen molar-refractivity contribution in [2.45, 2.75) is 70.3 Å². The molecule has 0 saturated carbocycles. The predicted octanol–water partition coefficient (Wildman–Crippen LogP) is 5.40. The van der Waals surface area contributed by atoms with E-state index in [4.69, 9.17) is 26.8 Å². The van der Waals surface area contributed by atoms with E-state index in [1.54, 1.807) is 6.20 Å². The SMILES string of the molecule is CCC1Cc2ccc(Cl)cc2-c2cc(=O)n(C(CC3CCCCO3)C(=O)Nc3ccc(C(N)=O)c(F)c3)cc2CO1. The lowest BCUT2D eigenvalue weighted by Crippen LogP contribution is -2.37. The third-order valence-electron chi connectivity index (χ3n) is 7.80. The Hall–Kier alpha value is -3.53. The van der Waals surface area contributed by atoms with E-state index in [1.807, 2.05) is 18.2 Å². The van der Waals surface area contributed by atoms with Gasteiger partial charge in [0.05, 0.1) is 24.4 Å². The maximum absolute atomic E-state index is 14.4. The number of benzene rings is 2. The number of pyridine rings is 1. The second-order valence-electron chi connectivity index (χ2n) is 10.6. The van der Waals surface area contributed by atoms with Crippen molar-refractivity contribution in [3.63, 3.8) is 0 Å². The molecular weight excluding hydrogens is 549 g/mol. The van der Waals surface area contributed by atoms with Gasteiger partial charge in [0.1, 0.15) is 11.9 Å². The number of rotatable bonds is 7. The average molecular weight is 582 g/mol. The Balaban J connectivity index is 1.54. The first-order valence-corrected chi connectivity index (χ1v) is 14.3. The molecule has 216 valence electrons. The fraction of sp³-hybridized carbons (Fsp3) is 0.387. The number of nitrogens with two attached hydrogens (primary N) is 1. The second kappa shape index (κ2) is 12.5. The molecule has 0 aliphatic carbocycles. The molecule has 8 nitrogen and oxygen atoms in total. The second-order valence-corrected chi connectivity index (χ2v) is 11.0. The molecule has 10 heteroatoms. The number of amides is 2. The quantitative estimate of drug-likeness (QED) is 0.388. The lowest BCUT2D eigenvalue weighted by atomic mass is 9.91. The van der Waals surface area contributed by atoms with Crippen LogP contribution in [0.2, 0.25) is 5.02 Å². The normalized spacial score (nSPS) is 19.3. The van der Waals surface area contributed by atoms with Crippen molar-refractivity contribution in [2.24, 2.45) is 5.73 Å². The van der Waals surface area contributed by atoms with Gasteiger partial charge in [0.2, 0.25) is 5.91 Å². The van der Waals surface area contributed by atoms with E-state index in [2.05, 4.69) is 12.2 Å². The van der Waals surface area contributed by atoms with E-state index in [-0.39, 0.29) is 42.0 Å². The number of hydrogen-bond donors (Lipinski definition) is 2. The van der Waals surface area contributed by atoms with Crippen LogP contribution in [0.1, 0.15) is 66.6 Å². The van der Waals surface area contributed by atoms with Crippen LogP contribution in [0.4, 0.5) is 10.1 Å². The summed E-state index contributed by atoms with van der Waals surface area (Å²) in [7, 11) is 0. The summed E-state index contributed by atoms with van der Waals surface area (Å²) in [6.45, 7) is 2.91. The van der Waals surface area contributed by atoms with Crippen molar-refractivity contribution < 1.29 is 23.5 Å². The van der Waals surface area contributed by atoms with Gasteiger partial charge in [0.15, 0.2) is 0 Å². The summed E-state index contributed by atoms with van der Waals surface area (Å²) in [5.41, 5.74) is 8.09. The third kappa shape index (κ3) is 6.53. The molecule has 5 rings (SSSR count). The molecule has 2 aliphatic rings. The van der Waals surface area contributed by atoms with Gasteiger partial charge in [0, 0.05) is 41.6 Å². The largest absolute Gasteiger partial charge is 0.378 e. The van der Waals surface area contributed by atoms with Crippen molar-refractivity contribution in [2.75, 3.05) is 11.9 Å². The highest BCUT2D eigenvalue weighted by Gasteiger charge is 2.29. The van der Waals surface area contributed by atoms with Crippen LogP contribution in [-0.2, 0) is 27.3 Å². The Bertz CT molecular complexity index is 1520. The molecule has 1 saturated heterocycles. The van der Waals surface area contributed by atoms with Gasteiger partial charge in [-0.2, -0.15) is 0 Å². The number of carbonyl (C=O) groups excluding carboxylic acids is 2. The Morgan fingerprint density at radius 2 is 1.90 bits per heavy atom. The molecule has 2 aliphatic heterocycles. The molecule has 0 radical (unpaired) electrons. The Labute approximate surface area is 242 Å². The van der Waals surface area contributed by atoms with Crippen LogP contribution in [0, 0.1) is 5.82 Å². The summed E-state index contributed by atoms with van der Waals surface area (Å²) < 4.78 is 28.0. The molecule has 2 amide bonds. The van der Waals surface area contributed by atoms with Gasteiger partial charge < -0.3 is 25.1 Å². The van der Waals surface area contributed by atoms with Gasteiger partial charge in [-0.3, -0.25) is 14.4 Å². The van der Waals surface area contributed by atoms with Crippen molar-refractivity contribution in [3.05, 3.63) is 86.5 Å². The van der Waals surface area contributed by atoms with Crippen molar-refractivity contribution in [1.82, 2.24) is 4.57 Å². The number of anilines is 1. The highest BCUT2D eigenvalue weighted by molar-refractivity contribution is 6.30. The van der Waals surface area contributed by atoms with Crippen LogP contribution >= 0.6 is 11.6 Å². The Kier molecular flexibility index (Phi) is 8.87. The number of aromatic nitrogens is 1. The number of hydrogen-bond acceptors (Lipinski definition) is 5. The lowest BCUT2D eigenvalue weighted by Gasteiger charge is -2.29. The number of carbonyl (C=O) groups is 2. The zero-order valence-electron chi connectivity index (χ0n) is 22.8. The maximum Gasteiger partial charge on any atom is 0.251 e. The molecule has 3 atom stereocenters. The summed E-state index contributed by atoms with van der Waals surface area (Å²) in [5.74, 6) is -2.26. The number of nitrogens with zero attached hydrogens (tertiary/aromatic N) is 1. The van der Waals surface area contributed by atoms with Crippen molar-refractivity contribution >= 4 is 29.1 Å². The van der Waals surface area contributed by atoms with Gasteiger partial charge in [-0.1, -0.05) is 24.6 Å². The van der Waals surface area contributed by atoms with Crippen molar-refractivity contribution in [3.8, 4) is 11.1 Å². The molecule has 3 N–H and O–H groups in total. The summed E-state index contributed by atoms with van der Waals surface area (Å²) in [5, 5.41) is 3.28. The van der Waals surface area contributed by atoms with E-state index >= 15 is 0 Å². The topological polar surface area (TPSA) is 113 Å². The molecule has 0 bridgehead atoms. The summed E-state index contributed by atoms with van der Waals surface area (Å²) in [4.78, 5) is 38.8. The van der Waals surface area contributed by atoms with Crippen LogP contribution < -0.4 is 16.6 Å². The molecule has 1 aromatic heterocycles. The molecule has 3 aromatic rings. The van der Waals surface area contributed by atoms with E-state index in [0.717, 1.165) is 54.0 Å². The number of ether oxygens (including phenoxy) is 2. The monoisotopic (exact) mass is 581 g/mol. The van der Waals surface area contributed by atoms with Gasteiger partial charge in [-0.25, -0.2) is 4.39 Å². The Morgan fingerprint density at radius 3 is 2.61 bits per heavy atom. The van der Waals surface area contributed by atoms with E-state index < -0.39 is 23.7 Å². The highest BCUT2D eigenvalue weighted by Crippen LogP contribution is 2.34. The fourth-order valence-electron chi connectivity index (χ4n) is 5.56. The van der Waals surface area contributed by atoms with E-state index in [1.165, 1.54) is 22.8 Å². The number of nitrogens with one attached hydrogen (secondary N) is 1. The maximum atomic E-state index is 14.4. The molecule has 2 aromatic carbocycles. The first-order valence-electron chi connectivity index (χ1n) is 13.9. The van der Waals surface area contributed by atoms with E-state index in [9.17, 15) is 18.8 Å². The minimum atomic E-state index is -0.943. The van der Waals surface area contributed by atoms with E-state index in [0.29, 0.717) is 18.1 Å². The smallest absolute Gasteiger partial charge is 0.251 e. The van der Waals surface area contributed by atoms with Crippen LogP contribution in [0.25, 0.3) is 11.1 Å². The summed E-state index contributed by atoms with van der Waals surface area (Å²) >= 11 is 6.36. The predicted molar refractivity (Wildman–Crippen MR) is 155 cm³/mol. The minimum absolute atomic E-state index is 0.0172. The molecule has 1 fully saturated rings. The zero-order chi connectivity index (χ0) is 29.1. The zero-order valence-corrected chi connectivity index (χ0v) is 23.6. The summed E-state index contributed by atoms with van der Waals surface area (Å²) in [6.07, 6.45) is 5.87. The minimum Gasteiger partial charge on any atom is -0.378 e. The molecule has 3 unspecified atom stereocenters. The highest BCUT2D eigenvalue weighted by atomic mass is 35.5. The van der Waals surface area contributed by atoms with Gasteiger partial charge in [0.25, 0.3) is 11.5 Å². The molecule has 0 spiro atoms. The third-order valence-corrected chi connectivity index (χ3v) is 8.04. The number of halogens is 2. The average Bonchev–Trinajstić information content (AvgIpc) is 2.94. The first-order chi connectivity index (χ1) is 19.7. The fourth-order valence-corrected chi connectivity index (χ4v) is 5.73. The summed E-state index contributed by atoms with van der Waals surface area (Å²) in [6, 6.07) is 9.90. The standard InChI is InChI=1S/C31H33ClFN3O5/c1-2-22-11-18-6-7-20(32)12-25(18)26-15-29(37)36(16-19(26)17-41-22)28(14-23-5-3-4-10-40-23)31(39)35-21-8-9-24(30(34)38)27(33)13-21/h6-9,12-13,15-16,22-23,28H,2-5,10-11,14,17H2,1H3,(H2,34,38)(H,35,39). The number of primary amides is 1.